The van der Waals surface area contributed by atoms with Gasteiger partial charge in [0, 0.05) is 30.2 Å². The molecule has 2 aromatic carbocycles. The Balaban J connectivity index is 1.35. The lowest BCUT2D eigenvalue weighted by molar-refractivity contribution is 0.194. The maximum absolute atomic E-state index is 12.6. The topological polar surface area (TPSA) is 67.3 Å². The Bertz CT molecular complexity index is 936. The quantitative estimate of drug-likeness (QED) is 0.701. The van der Waals surface area contributed by atoms with Gasteiger partial charge in [-0.3, -0.25) is 5.32 Å². The smallest absolute Gasteiger partial charge is 0.323 e. The van der Waals surface area contributed by atoms with E-state index in [0.717, 1.165) is 37.2 Å². The number of methoxy groups -OCH3 is 1. The third-order valence-corrected chi connectivity index (χ3v) is 5.65. The van der Waals surface area contributed by atoms with Crippen LogP contribution in [0.4, 0.5) is 9.93 Å². The lowest BCUT2D eigenvalue weighted by Crippen LogP contribution is -2.40. The van der Waals surface area contributed by atoms with Gasteiger partial charge < -0.3 is 9.64 Å². The van der Waals surface area contributed by atoms with Gasteiger partial charge in [0.25, 0.3) is 0 Å². The number of nitrogens with one attached hydrogen (secondary N) is 1. The lowest BCUT2D eigenvalue weighted by atomic mass is 9.90. The highest BCUT2D eigenvalue weighted by molar-refractivity contribution is 7.10. The van der Waals surface area contributed by atoms with E-state index >= 15 is 0 Å². The Kier molecular flexibility index (Phi) is 5.53. The van der Waals surface area contributed by atoms with Crippen LogP contribution in [0.1, 0.15) is 24.3 Å². The summed E-state index contributed by atoms with van der Waals surface area (Å²) >= 11 is 1.19. The number of benzene rings is 2. The van der Waals surface area contributed by atoms with Gasteiger partial charge in [0.2, 0.25) is 5.13 Å². The number of ether oxygens (including phenoxy) is 1. The van der Waals surface area contributed by atoms with Crippen LogP contribution in [0.15, 0.2) is 54.6 Å². The molecule has 0 aliphatic carbocycles. The Morgan fingerprint density at radius 1 is 1.14 bits per heavy atom. The Labute approximate surface area is 168 Å². The number of amides is 2. The molecular weight excluding hydrogens is 372 g/mol. The fourth-order valence-corrected chi connectivity index (χ4v) is 4.04. The van der Waals surface area contributed by atoms with Crippen molar-refractivity contribution in [3.8, 4) is 17.1 Å². The summed E-state index contributed by atoms with van der Waals surface area (Å²) in [5, 5.41) is 3.39. The molecule has 1 aliphatic rings. The van der Waals surface area contributed by atoms with Gasteiger partial charge in [-0.2, -0.15) is 9.36 Å². The van der Waals surface area contributed by atoms with Gasteiger partial charge >= 0.3 is 6.03 Å². The Morgan fingerprint density at radius 2 is 1.93 bits per heavy atom. The van der Waals surface area contributed by atoms with Crippen molar-refractivity contribution in [2.24, 2.45) is 0 Å². The highest BCUT2D eigenvalue weighted by atomic mass is 32.1. The second-order valence-electron chi connectivity index (χ2n) is 6.76. The van der Waals surface area contributed by atoms with Crippen LogP contribution in [-0.2, 0) is 0 Å². The first-order valence-electron chi connectivity index (χ1n) is 9.32. The van der Waals surface area contributed by atoms with Gasteiger partial charge in [0.05, 0.1) is 7.11 Å². The normalized spacial score (nSPS) is 14.7. The van der Waals surface area contributed by atoms with Crippen LogP contribution in [0.25, 0.3) is 11.4 Å². The van der Waals surface area contributed by atoms with Crippen LogP contribution in [0.5, 0.6) is 5.75 Å². The van der Waals surface area contributed by atoms with Crippen LogP contribution >= 0.6 is 11.5 Å². The van der Waals surface area contributed by atoms with Crippen molar-refractivity contribution in [1.82, 2.24) is 14.3 Å². The third kappa shape index (κ3) is 4.14. The van der Waals surface area contributed by atoms with Crippen LogP contribution in [0.3, 0.4) is 0 Å². The number of urea groups is 1. The number of hydrogen-bond acceptors (Lipinski definition) is 5. The highest BCUT2D eigenvalue weighted by Crippen LogP contribution is 2.29. The average molecular weight is 395 g/mol. The molecule has 4 rings (SSSR count). The first kappa shape index (κ1) is 18.4. The minimum Gasteiger partial charge on any atom is -0.497 e. The molecule has 0 saturated carbocycles. The Morgan fingerprint density at radius 3 is 2.68 bits per heavy atom. The monoisotopic (exact) mass is 394 g/mol. The van der Waals surface area contributed by atoms with Crippen LogP contribution in [0, 0.1) is 0 Å². The zero-order valence-electron chi connectivity index (χ0n) is 15.7. The zero-order chi connectivity index (χ0) is 19.3. The summed E-state index contributed by atoms with van der Waals surface area (Å²) in [6.07, 6.45) is 1.95. The average Bonchev–Trinajstić information content (AvgIpc) is 3.23. The first-order chi connectivity index (χ1) is 13.7. The molecule has 0 unspecified atom stereocenters. The predicted molar refractivity (Wildman–Crippen MR) is 111 cm³/mol. The molecular formula is C21H22N4O2S. The summed E-state index contributed by atoms with van der Waals surface area (Å²) in [5.41, 5.74) is 2.22. The van der Waals surface area contributed by atoms with E-state index in [-0.39, 0.29) is 6.03 Å². The number of likely N-dealkylation sites (tertiary alicyclic amines) is 1. The van der Waals surface area contributed by atoms with Crippen molar-refractivity contribution in [2.45, 2.75) is 18.8 Å². The van der Waals surface area contributed by atoms with E-state index in [1.54, 1.807) is 7.11 Å². The molecule has 1 fully saturated rings. The van der Waals surface area contributed by atoms with Gasteiger partial charge in [-0.1, -0.05) is 42.5 Å². The maximum atomic E-state index is 12.6. The number of hydrogen-bond donors (Lipinski definition) is 1. The number of nitrogens with zero attached hydrogens (tertiary/aromatic N) is 3. The molecule has 1 N–H and O–H groups in total. The van der Waals surface area contributed by atoms with Gasteiger partial charge in [-0.15, -0.1) is 0 Å². The predicted octanol–water partition coefficient (Wildman–Crippen LogP) is 4.63. The van der Waals surface area contributed by atoms with Crippen molar-refractivity contribution in [1.29, 1.82) is 0 Å². The van der Waals surface area contributed by atoms with Crippen molar-refractivity contribution >= 4 is 22.7 Å². The van der Waals surface area contributed by atoms with Gasteiger partial charge in [-0.25, -0.2) is 4.79 Å². The number of carbonyl (C=O) groups excluding carboxylic acids is 1. The number of rotatable bonds is 4. The standard InChI is InChI=1S/C21H22N4O2S/c1-27-18-9-5-8-17(14-18)19-22-20(28-24-19)23-21(26)25-12-10-16(11-13-25)15-6-3-2-4-7-15/h2-9,14,16H,10-13H2,1H3,(H,22,23,24,26). The van der Waals surface area contributed by atoms with E-state index in [1.807, 2.05) is 35.2 Å². The largest absolute Gasteiger partial charge is 0.497 e. The summed E-state index contributed by atoms with van der Waals surface area (Å²) in [6.45, 7) is 1.49. The van der Waals surface area contributed by atoms with Gasteiger partial charge in [0.1, 0.15) is 5.75 Å². The summed E-state index contributed by atoms with van der Waals surface area (Å²) in [7, 11) is 1.63. The van der Waals surface area contributed by atoms with E-state index in [4.69, 9.17) is 4.74 Å². The Hall–Kier alpha value is -2.93. The summed E-state index contributed by atoms with van der Waals surface area (Å²) in [4.78, 5) is 18.9. The van der Waals surface area contributed by atoms with Crippen LogP contribution in [0.2, 0.25) is 0 Å². The zero-order valence-corrected chi connectivity index (χ0v) is 16.5. The van der Waals surface area contributed by atoms with Crippen molar-refractivity contribution in [3.05, 3.63) is 60.2 Å². The minimum absolute atomic E-state index is 0.111. The molecule has 2 heterocycles. The molecule has 0 spiro atoms. The molecule has 6 nitrogen and oxygen atoms in total. The molecule has 1 aromatic heterocycles. The van der Waals surface area contributed by atoms with E-state index in [0.29, 0.717) is 16.9 Å². The molecule has 3 aromatic rings. The maximum Gasteiger partial charge on any atom is 0.323 e. The number of anilines is 1. The molecule has 1 aliphatic heterocycles. The second-order valence-corrected chi connectivity index (χ2v) is 7.51. The number of aromatic nitrogens is 2. The van der Waals surface area contributed by atoms with Crippen molar-refractivity contribution < 1.29 is 9.53 Å². The molecule has 0 radical (unpaired) electrons. The highest BCUT2D eigenvalue weighted by Gasteiger charge is 2.24. The van der Waals surface area contributed by atoms with Crippen molar-refractivity contribution in [2.75, 3.05) is 25.5 Å². The fraction of sp³-hybridized carbons (Fsp3) is 0.286. The molecule has 1 saturated heterocycles. The third-order valence-electron chi connectivity index (χ3n) is 5.02. The molecule has 0 bridgehead atoms. The van der Waals surface area contributed by atoms with Crippen LogP contribution in [-0.4, -0.2) is 40.5 Å². The molecule has 28 heavy (non-hydrogen) atoms. The van der Waals surface area contributed by atoms with E-state index in [9.17, 15) is 4.79 Å². The summed E-state index contributed by atoms with van der Waals surface area (Å²) < 4.78 is 9.59. The first-order valence-corrected chi connectivity index (χ1v) is 10.1. The second kappa shape index (κ2) is 8.39. The molecule has 0 atom stereocenters. The van der Waals surface area contributed by atoms with Crippen LogP contribution < -0.4 is 10.1 Å². The van der Waals surface area contributed by atoms with Crippen molar-refractivity contribution in [3.63, 3.8) is 0 Å². The number of piperidine rings is 1. The lowest BCUT2D eigenvalue weighted by Gasteiger charge is -2.31. The minimum atomic E-state index is -0.111. The van der Waals surface area contributed by atoms with Gasteiger partial charge in [-0.05, 0) is 36.5 Å². The molecule has 144 valence electrons. The van der Waals surface area contributed by atoms with Gasteiger partial charge in [0.15, 0.2) is 5.82 Å². The fourth-order valence-electron chi connectivity index (χ4n) is 3.47. The molecule has 7 heteroatoms. The summed E-state index contributed by atoms with van der Waals surface area (Å²) in [6, 6.07) is 18.0. The number of carbonyl (C=O) groups is 1. The van der Waals surface area contributed by atoms with E-state index in [2.05, 4.69) is 38.9 Å². The molecule has 2 amide bonds. The SMILES string of the molecule is COc1cccc(-c2nsc(NC(=O)N3CCC(c4ccccc4)CC3)n2)c1. The summed E-state index contributed by atoms with van der Waals surface area (Å²) in [5.74, 6) is 1.85. The van der Waals surface area contributed by atoms with E-state index in [1.165, 1.54) is 17.1 Å². The van der Waals surface area contributed by atoms with E-state index < -0.39 is 0 Å².